The molecule has 1 fully saturated rings. The quantitative estimate of drug-likeness (QED) is 0.501. The van der Waals surface area contributed by atoms with Crippen molar-refractivity contribution in [2.24, 2.45) is 5.16 Å². The molecular weight excluding hydrogens is 185 g/mol. The first kappa shape index (κ1) is 10.3. The summed E-state index contributed by atoms with van der Waals surface area (Å²) in [5.41, 5.74) is 0. The van der Waals surface area contributed by atoms with Crippen LogP contribution in [0.1, 0.15) is 6.42 Å². The number of oxime groups is 1. The van der Waals surface area contributed by atoms with Gasteiger partial charge in [-0.1, -0.05) is 0 Å². The van der Waals surface area contributed by atoms with Crippen LogP contribution in [-0.4, -0.2) is 43.5 Å². The lowest BCUT2D eigenvalue weighted by Gasteiger charge is -2.16. The second-order valence-electron chi connectivity index (χ2n) is 3.00. The molecule has 0 spiro atoms. The summed E-state index contributed by atoms with van der Waals surface area (Å²) < 4.78 is 35.7. The average Bonchev–Trinajstić information content (AvgIpc) is 2.33. The van der Waals surface area contributed by atoms with Crippen LogP contribution in [0.3, 0.4) is 0 Å². The summed E-state index contributed by atoms with van der Waals surface area (Å²) in [6.45, 7) is 2.92. The molecule has 0 unspecified atom stereocenters. The first-order chi connectivity index (χ1) is 6.01. The second kappa shape index (κ2) is 3.95. The van der Waals surface area contributed by atoms with Crippen molar-refractivity contribution in [3.8, 4) is 0 Å². The molecule has 0 saturated carbocycles. The number of hydrogen-bond donors (Lipinski definition) is 0. The largest absolute Gasteiger partial charge is 0.401 e. The van der Waals surface area contributed by atoms with Crippen LogP contribution in [0.5, 0.6) is 0 Å². The molecule has 1 aliphatic rings. The fraction of sp³-hybridized carbons (Fsp3) is 0.857. The first-order valence-corrected chi connectivity index (χ1v) is 3.92. The Balaban J connectivity index is 2.29. The van der Waals surface area contributed by atoms with Gasteiger partial charge in [-0.15, -0.1) is 5.16 Å². The van der Waals surface area contributed by atoms with Gasteiger partial charge in [0.1, 0.15) is 6.10 Å². The molecule has 1 heterocycles. The molecule has 0 N–H and O–H groups in total. The zero-order valence-corrected chi connectivity index (χ0v) is 7.05. The molecule has 3 nitrogen and oxygen atoms in total. The average molecular weight is 196 g/mol. The van der Waals surface area contributed by atoms with Gasteiger partial charge in [-0.3, -0.25) is 4.90 Å². The van der Waals surface area contributed by atoms with Crippen molar-refractivity contribution in [1.29, 1.82) is 0 Å². The summed E-state index contributed by atoms with van der Waals surface area (Å²) in [5.74, 6) is 0. The molecule has 0 aromatic rings. The Hall–Kier alpha value is -0.780. The standard InChI is InChI=1S/C7H11F3N2O/c1-11-13-6-2-3-12(4-6)5-7(8,9)10/h6H,1-5H2/t6-/m1/s1. The minimum absolute atomic E-state index is 0.236. The summed E-state index contributed by atoms with van der Waals surface area (Å²) in [5, 5.41) is 3.19. The number of hydrogen-bond acceptors (Lipinski definition) is 3. The smallest absolute Gasteiger partial charge is 0.392 e. The Kier molecular flexibility index (Phi) is 3.13. The molecule has 6 heteroatoms. The number of likely N-dealkylation sites (tertiary alicyclic amines) is 1. The maximum absolute atomic E-state index is 11.9. The van der Waals surface area contributed by atoms with Crippen LogP contribution in [0.4, 0.5) is 13.2 Å². The van der Waals surface area contributed by atoms with E-state index in [0.717, 1.165) is 0 Å². The monoisotopic (exact) mass is 196 g/mol. The predicted molar refractivity (Wildman–Crippen MR) is 41.5 cm³/mol. The van der Waals surface area contributed by atoms with E-state index in [9.17, 15) is 13.2 Å². The number of halogens is 3. The molecular formula is C7H11F3N2O. The molecule has 0 aromatic heterocycles. The van der Waals surface area contributed by atoms with Gasteiger partial charge in [-0.05, 0) is 0 Å². The Morgan fingerprint density at radius 3 is 2.77 bits per heavy atom. The Labute approximate surface area is 74.1 Å². The van der Waals surface area contributed by atoms with Crippen molar-refractivity contribution in [2.45, 2.75) is 18.7 Å². The predicted octanol–water partition coefficient (Wildman–Crippen LogP) is 1.26. The molecule has 1 rings (SSSR count). The van der Waals surface area contributed by atoms with Crippen LogP contribution in [0.25, 0.3) is 0 Å². The number of rotatable bonds is 3. The van der Waals surface area contributed by atoms with Gasteiger partial charge in [0, 0.05) is 26.2 Å². The minimum Gasteiger partial charge on any atom is -0.392 e. The van der Waals surface area contributed by atoms with E-state index >= 15 is 0 Å². The lowest BCUT2D eigenvalue weighted by molar-refractivity contribution is -0.144. The molecule has 1 saturated heterocycles. The highest BCUT2D eigenvalue weighted by Crippen LogP contribution is 2.20. The summed E-state index contributed by atoms with van der Waals surface area (Å²) in [4.78, 5) is 6.05. The van der Waals surface area contributed by atoms with Gasteiger partial charge in [0.2, 0.25) is 0 Å². The third kappa shape index (κ3) is 3.63. The Morgan fingerprint density at radius 1 is 1.54 bits per heavy atom. The van der Waals surface area contributed by atoms with Crippen LogP contribution in [0.2, 0.25) is 0 Å². The highest BCUT2D eigenvalue weighted by atomic mass is 19.4. The van der Waals surface area contributed by atoms with Crippen molar-refractivity contribution >= 4 is 6.72 Å². The molecule has 13 heavy (non-hydrogen) atoms. The van der Waals surface area contributed by atoms with Gasteiger partial charge in [-0.2, -0.15) is 13.2 Å². The molecule has 76 valence electrons. The molecule has 0 radical (unpaired) electrons. The lowest BCUT2D eigenvalue weighted by Crippen LogP contribution is -2.33. The molecule has 1 aliphatic heterocycles. The SMILES string of the molecule is C=NO[C@@H]1CCN(CC(F)(F)F)C1. The van der Waals surface area contributed by atoms with E-state index < -0.39 is 12.7 Å². The van der Waals surface area contributed by atoms with Gasteiger partial charge in [-0.25, -0.2) is 0 Å². The van der Waals surface area contributed by atoms with Crippen molar-refractivity contribution in [3.63, 3.8) is 0 Å². The van der Waals surface area contributed by atoms with E-state index in [0.29, 0.717) is 13.0 Å². The first-order valence-electron chi connectivity index (χ1n) is 3.92. The van der Waals surface area contributed by atoms with Crippen molar-refractivity contribution in [3.05, 3.63) is 0 Å². The third-order valence-electron chi connectivity index (χ3n) is 1.86. The van der Waals surface area contributed by atoms with Crippen LogP contribution < -0.4 is 0 Å². The maximum Gasteiger partial charge on any atom is 0.401 e. The molecule has 0 amide bonds. The summed E-state index contributed by atoms with van der Waals surface area (Å²) in [6, 6.07) is 0. The fourth-order valence-corrected chi connectivity index (χ4v) is 1.39. The van der Waals surface area contributed by atoms with Gasteiger partial charge in [0.05, 0.1) is 6.54 Å². The summed E-state index contributed by atoms with van der Waals surface area (Å²) in [7, 11) is 0. The van der Waals surface area contributed by atoms with Crippen LogP contribution in [-0.2, 0) is 4.84 Å². The van der Waals surface area contributed by atoms with Crippen molar-refractivity contribution < 1.29 is 18.0 Å². The molecule has 0 aromatic carbocycles. The van der Waals surface area contributed by atoms with E-state index in [1.54, 1.807) is 0 Å². The normalized spacial score (nSPS) is 24.7. The van der Waals surface area contributed by atoms with Crippen LogP contribution in [0, 0.1) is 0 Å². The van der Waals surface area contributed by atoms with Crippen LogP contribution >= 0.6 is 0 Å². The minimum atomic E-state index is -4.13. The van der Waals surface area contributed by atoms with E-state index in [1.807, 2.05) is 0 Å². The highest BCUT2D eigenvalue weighted by Gasteiger charge is 2.34. The molecule has 0 aliphatic carbocycles. The van der Waals surface area contributed by atoms with E-state index in [1.165, 1.54) is 4.90 Å². The van der Waals surface area contributed by atoms with Gasteiger partial charge in [0.25, 0.3) is 0 Å². The van der Waals surface area contributed by atoms with Gasteiger partial charge >= 0.3 is 6.18 Å². The maximum atomic E-state index is 11.9. The van der Waals surface area contributed by atoms with E-state index in [4.69, 9.17) is 4.84 Å². The second-order valence-corrected chi connectivity index (χ2v) is 3.00. The third-order valence-corrected chi connectivity index (χ3v) is 1.86. The lowest BCUT2D eigenvalue weighted by atomic mass is 10.3. The Bertz CT molecular complexity index is 183. The van der Waals surface area contributed by atoms with Gasteiger partial charge < -0.3 is 4.84 Å². The van der Waals surface area contributed by atoms with E-state index in [2.05, 4.69) is 11.9 Å². The number of nitrogens with zero attached hydrogens (tertiary/aromatic N) is 2. The fourth-order valence-electron chi connectivity index (χ4n) is 1.39. The molecule has 0 bridgehead atoms. The number of alkyl halides is 3. The molecule has 1 atom stereocenters. The van der Waals surface area contributed by atoms with Crippen molar-refractivity contribution in [2.75, 3.05) is 19.6 Å². The zero-order valence-electron chi connectivity index (χ0n) is 7.05. The van der Waals surface area contributed by atoms with Crippen LogP contribution in [0.15, 0.2) is 5.16 Å². The van der Waals surface area contributed by atoms with E-state index in [-0.39, 0.29) is 12.6 Å². The summed E-state index contributed by atoms with van der Waals surface area (Å²) in [6.07, 6.45) is -3.79. The Morgan fingerprint density at radius 2 is 2.23 bits per heavy atom. The zero-order chi connectivity index (χ0) is 9.90. The van der Waals surface area contributed by atoms with Gasteiger partial charge in [0.15, 0.2) is 0 Å². The highest BCUT2D eigenvalue weighted by molar-refractivity contribution is 5.21. The van der Waals surface area contributed by atoms with Crippen molar-refractivity contribution in [1.82, 2.24) is 4.90 Å². The topological polar surface area (TPSA) is 24.8 Å². The summed E-state index contributed by atoms with van der Waals surface area (Å²) >= 11 is 0.